The molecule has 1 amide bonds. The lowest BCUT2D eigenvalue weighted by Crippen LogP contribution is -2.50. The smallest absolute Gasteiger partial charge is 0.239 e. The summed E-state index contributed by atoms with van der Waals surface area (Å²) in [6.45, 7) is 1.75. The van der Waals surface area contributed by atoms with E-state index in [1.807, 2.05) is 35.2 Å². The molecule has 1 fully saturated rings. The first kappa shape index (κ1) is 10.2. The van der Waals surface area contributed by atoms with Crippen LogP contribution >= 0.6 is 0 Å². The molecule has 3 nitrogen and oxygen atoms in total. The van der Waals surface area contributed by atoms with Crippen molar-refractivity contribution >= 4 is 5.91 Å². The average molecular weight is 204 g/mol. The summed E-state index contributed by atoms with van der Waals surface area (Å²) in [5.41, 5.74) is 6.99. The number of hydrogen-bond acceptors (Lipinski definition) is 2. The number of benzene rings is 1. The minimum absolute atomic E-state index is 0.0881. The van der Waals surface area contributed by atoms with Crippen LogP contribution in [0.4, 0.5) is 0 Å². The third-order valence-corrected chi connectivity index (χ3v) is 2.78. The molecule has 2 N–H and O–H groups in total. The Labute approximate surface area is 89.9 Å². The van der Waals surface area contributed by atoms with Gasteiger partial charge in [-0.3, -0.25) is 4.79 Å². The van der Waals surface area contributed by atoms with Crippen molar-refractivity contribution in [3.05, 3.63) is 35.9 Å². The molecular weight excluding hydrogens is 188 g/mol. The second-order valence-electron chi connectivity index (χ2n) is 3.98. The van der Waals surface area contributed by atoms with E-state index in [1.165, 1.54) is 0 Å². The van der Waals surface area contributed by atoms with Crippen LogP contribution in [0.2, 0.25) is 0 Å². The fourth-order valence-corrected chi connectivity index (χ4v) is 1.73. The van der Waals surface area contributed by atoms with Crippen molar-refractivity contribution in [2.45, 2.75) is 18.9 Å². The van der Waals surface area contributed by atoms with Crippen LogP contribution in [0.15, 0.2) is 30.3 Å². The first-order valence-corrected chi connectivity index (χ1v) is 5.35. The predicted octanol–water partition coefficient (Wildman–Crippen LogP) is 0.789. The monoisotopic (exact) mass is 204 g/mol. The molecule has 0 aliphatic carbocycles. The Bertz CT molecular complexity index is 333. The Kier molecular flexibility index (Phi) is 3.02. The van der Waals surface area contributed by atoms with Crippen molar-refractivity contribution in [2.75, 3.05) is 13.1 Å². The summed E-state index contributed by atoms with van der Waals surface area (Å²) in [5.74, 6) is 0.0881. The quantitative estimate of drug-likeness (QED) is 0.791. The van der Waals surface area contributed by atoms with Gasteiger partial charge in [0.15, 0.2) is 0 Å². The number of nitrogens with two attached hydrogens (primary N) is 1. The highest BCUT2D eigenvalue weighted by Gasteiger charge is 2.25. The maximum atomic E-state index is 11.7. The van der Waals surface area contributed by atoms with Crippen LogP contribution in [0, 0.1) is 0 Å². The van der Waals surface area contributed by atoms with Crippen molar-refractivity contribution < 1.29 is 4.79 Å². The van der Waals surface area contributed by atoms with Gasteiger partial charge in [0.1, 0.15) is 0 Å². The molecule has 15 heavy (non-hydrogen) atoms. The van der Waals surface area contributed by atoms with E-state index >= 15 is 0 Å². The van der Waals surface area contributed by atoms with Gasteiger partial charge in [-0.1, -0.05) is 30.3 Å². The molecule has 0 saturated carbocycles. The summed E-state index contributed by atoms with van der Waals surface area (Å²) in [5, 5.41) is 0. The highest BCUT2D eigenvalue weighted by atomic mass is 16.2. The Morgan fingerprint density at radius 1 is 1.33 bits per heavy atom. The summed E-state index contributed by atoms with van der Waals surface area (Å²) in [4.78, 5) is 13.6. The second-order valence-corrected chi connectivity index (χ2v) is 3.98. The van der Waals surface area contributed by atoms with Crippen molar-refractivity contribution in [1.29, 1.82) is 0 Å². The molecule has 3 heteroatoms. The van der Waals surface area contributed by atoms with Gasteiger partial charge in [0.25, 0.3) is 0 Å². The summed E-state index contributed by atoms with van der Waals surface area (Å²) in [6.07, 6.45) is 1.75. The minimum Gasteiger partial charge on any atom is -0.341 e. The summed E-state index contributed by atoms with van der Waals surface area (Å²) in [7, 11) is 0. The zero-order valence-corrected chi connectivity index (χ0v) is 8.73. The van der Waals surface area contributed by atoms with E-state index in [2.05, 4.69) is 0 Å². The van der Waals surface area contributed by atoms with E-state index in [0.29, 0.717) is 6.42 Å². The van der Waals surface area contributed by atoms with Crippen LogP contribution in [0.25, 0.3) is 0 Å². The van der Waals surface area contributed by atoms with Gasteiger partial charge in [-0.05, 0) is 18.4 Å². The zero-order chi connectivity index (χ0) is 10.7. The van der Waals surface area contributed by atoms with E-state index in [9.17, 15) is 4.79 Å². The molecule has 1 aliphatic heterocycles. The number of carbonyl (C=O) groups excluding carboxylic acids is 1. The molecule has 80 valence electrons. The van der Waals surface area contributed by atoms with E-state index in [-0.39, 0.29) is 11.9 Å². The molecule has 1 aromatic rings. The van der Waals surface area contributed by atoms with Gasteiger partial charge in [0, 0.05) is 13.1 Å². The molecule has 2 rings (SSSR count). The van der Waals surface area contributed by atoms with Gasteiger partial charge in [0.05, 0.1) is 6.04 Å². The van der Waals surface area contributed by atoms with Crippen LogP contribution < -0.4 is 5.73 Å². The fourth-order valence-electron chi connectivity index (χ4n) is 1.73. The topological polar surface area (TPSA) is 46.3 Å². The van der Waals surface area contributed by atoms with Crippen molar-refractivity contribution in [2.24, 2.45) is 5.73 Å². The zero-order valence-electron chi connectivity index (χ0n) is 8.73. The van der Waals surface area contributed by atoms with Gasteiger partial charge in [0.2, 0.25) is 5.91 Å². The van der Waals surface area contributed by atoms with E-state index in [4.69, 9.17) is 5.73 Å². The Balaban J connectivity index is 1.91. The third kappa shape index (κ3) is 2.36. The number of hydrogen-bond donors (Lipinski definition) is 1. The Morgan fingerprint density at radius 2 is 2.00 bits per heavy atom. The van der Waals surface area contributed by atoms with Crippen LogP contribution in [-0.2, 0) is 11.2 Å². The van der Waals surface area contributed by atoms with Crippen LogP contribution in [0.1, 0.15) is 12.0 Å². The van der Waals surface area contributed by atoms with E-state index in [1.54, 1.807) is 0 Å². The molecule has 0 aromatic heterocycles. The van der Waals surface area contributed by atoms with Crippen LogP contribution in [-0.4, -0.2) is 29.9 Å². The number of nitrogens with zero attached hydrogens (tertiary/aromatic N) is 1. The largest absolute Gasteiger partial charge is 0.341 e. The van der Waals surface area contributed by atoms with Gasteiger partial charge in [-0.25, -0.2) is 0 Å². The molecule has 1 saturated heterocycles. The number of rotatable bonds is 3. The second kappa shape index (κ2) is 4.45. The summed E-state index contributed by atoms with van der Waals surface area (Å²) >= 11 is 0. The molecule has 0 radical (unpaired) electrons. The maximum Gasteiger partial charge on any atom is 0.239 e. The van der Waals surface area contributed by atoms with E-state index in [0.717, 1.165) is 25.1 Å². The number of carbonyl (C=O) groups is 1. The lowest BCUT2D eigenvalue weighted by molar-refractivity contribution is -0.136. The summed E-state index contributed by atoms with van der Waals surface area (Å²) < 4.78 is 0. The van der Waals surface area contributed by atoms with Gasteiger partial charge in [-0.15, -0.1) is 0 Å². The van der Waals surface area contributed by atoms with Crippen LogP contribution in [0.5, 0.6) is 0 Å². The molecule has 0 unspecified atom stereocenters. The maximum absolute atomic E-state index is 11.7. The molecule has 1 aliphatic rings. The SMILES string of the molecule is N[C@@H](Cc1ccccc1)C(=O)N1CCC1. The molecule has 1 aromatic carbocycles. The highest BCUT2D eigenvalue weighted by Crippen LogP contribution is 2.10. The average Bonchev–Trinajstić information content (AvgIpc) is 2.16. The molecule has 1 heterocycles. The van der Waals surface area contributed by atoms with Crippen molar-refractivity contribution in [3.63, 3.8) is 0 Å². The molecular formula is C12H16N2O. The predicted molar refractivity (Wildman–Crippen MR) is 59.3 cm³/mol. The first-order chi connectivity index (χ1) is 7.27. The number of amides is 1. The fraction of sp³-hybridized carbons (Fsp3) is 0.417. The third-order valence-electron chi connectivity index (χ3n) is 2.78. The van der Waals surface area contributed by atoms with Crippen LogP contribution in [0.3, 0.4) is 0 Å². The standard InChI is InChI=1S/C12H16N2O/c13-11(12(15)14-7-4-8-14)9-10-5-2-1-3-6-10/h1-3,5-6,11H,4,7-9,13H2/t11-/m0/s1. The first-order valence-electron chi connectivity index (χ1n) is 5.35. The van der Waals surface area contributed by atoms with Crippen molar-refractivity contribution in [3.8, 4) is 0 Å². The Hall–Kier alpha value is -1.35. The van der Waals surface area contributed by atoms with Gasteiger partial charge in [-0.2, -0.15) is 0 Å². The molecule has 1 atom stereocenters. The minimum atomic E-state index is -0.382. The lowest BCUT2D eigenvalue weighted by Gasteiger charge is -2.33. The van der Waals surface area contributed by atoms with Gasteiger partial charge >= 0.3 is 0 Å². The molecule has 0 spiro atoms. The lowest BCUT2D eigenvalue weighted by atomic mass is 10.0. The van der Waals surface area contributed by atoms with Gasteiger partial charge < -0.3 is 10.6 Å². The van der Waals surface area contributed by atoms with Crippen molar-refractivity contribution in [1.82, 2.24) is 4.90 Å². The normalized spacial score (nSPS) is 17.0. The molecule has 0 bridgehead atoms. The Morgan fingerprint density at radius 3 is 2.53 bits per heavy atom. The summed E-state index contributed by atoms with van der Waals surface area (Å²) in [6, 6.07) is 9.53. The number of likely N-dealkylation sites (tertiary alicyclic amines) is 1. The van der Waals surface area contributed by atoms with E-state index < -0.39 is 0 Å². The highest BCUT2D eigenvalue weighted by molar-refractivity contribution is 5.82.